The Bertz CT molecular complexity index is 551. The van der Waals surface area contributed by atoms with Gasteiger partial charge in [-0.05, 0) is 18.6 Å². The van der Waals surface area contributed by atoms with Crippen LogP contribution in [-0.2, 0) is 6.54 Å². The molecule has 0 aliphatic rings. The van der Waals surface area contributed by atoms with Crippen LogP contribution < -0.4 is 11.1 Å². The second-order valence-corrected chi connectivity index (χ2v) is 4.97. The molecule has 1 amide bonds. The molecule has 2 rings (SSSR count). The van der Waals surface area contributed by atoms with Crippen molar-refractivity contribution in [2.24, 2.45) is 5.73 Å². The van der Waals surface area contributed by atoms with Crippen LogP contribution in [0.5, 0.6) is 0 Å². The number of amides is 1. The summed E-state index contributed by atoms with van der Waals surface area (Å²) < 4.78 is 0. The number of nitrogens with zero attached hydrogens (tertiary/aromatic N) is 2. The summed E-state index contributed by atoms with van der Waals surface area (Å²) in [5.41, 5.74) is 6.80. The monoisotopic (exact) mass is 348 g/mol. The molecular weight excluding hydrogens is 331 g/mol. The zero-order chi connectivity index (χ0) is 13.7. The molecule has 21 heavy (non-hydrogen) atoms. The number of pyridine rings is 1. The molecule has 2 heterocycles. The molecule has 0 aliphatic heterocycles. The van der Waals surface area contributed by atoms with E-state index in [2.05, 4.69) is 15.3 Å². The van der Waals surface area contributed by atoms with Gasteiger partial charge in [0.1, 0.15) is 5.01 Å². The molecular formula is C13H18Cl2N4OS. The quantitative estimate of drug-likeness (QED) is 0.870. The molecule has 0 spiro atoms. The minimum Gasteiger partial charge on any atom is -0.343 e. The third-order valence-corrected chi connectivity index (χ3v) is 3.64. The van der Waals surface area contributed by atoms with Gasteiger partial charge in [-0.25, -0.2) is 4.98 Å². The summed E-state index contributed by atoms with van der Waals surface area (Å²) >= 11 is 1.54. The van der Waals surface area contributed by atoms with Gasteiger partial charge < -0.3 is 11.1 Å². The molecule has 5 nitrogen and oxygen atoms in total. The Kier molecular flexibility index (Phi) is 9.12. The van der Waals surface area contributed by atoms with Crippen molar-refractivity contribution >= 4 is 42.1 Å². The summed E-state index contributed by atoms with van der Waals surface area (Å²) in [5, 5.41) is 5.80. The van der Waals surface area contributed by atoms with Crippen molar-refractivity contribution in [1.29, 1.82) is 0 Å². The Balaban J connectivity index is 0.00000200. The van der Waals surface area contributed by atoms with Gasteiger partial charge in [0.2, 0.25) is 0 Å². The van der Waals surface area contributed by atoms with E-state index in [1.807, 2.05) is 12.3 Å². The second-order valence-electron chi connectivity index (χ2n) is 4.04. The molecule has 0 saturated carbocycles. The third-order valence-electron chi connectivity index (χ3n) is 2.75. The topological polar surface area (TPSA) is 80.9 Å². The van der Waals surface area contributed by atoms with Crippen molar-refractivity contribution in [3.05, 3.63) is 46.2 Å². The number of hydrogen-bond donors (Lipinski definition) is 2. The summed E-state index contributed by atoms with van der Waals surface area (Å²) in [4.78, 5) is 20.5. The Morgan fingerprint density at radius 3 is 2.71 bits per heavy atom. The van der Waals surface area contributed by atoms with Crippen LogP contribution in [0.4, 0.5) is 0 Å². The van der Waals surface area contributed by atoms with Crippen LogP contribution in [0.3, 0.4) is 0 Å². The zero-order valence-corrected chi connectivity index (χ0v) is 13.9. The van der Waals surface area contributed by atoms with Crippen molar-refractivity contribution in [2.45, 2.75) is 25.9 Å². The van der Waals surface area contributed by atoms with Gasteiger partial charge >= 0.3 is 0 Å². The Morgan fingerprint density at radius 1 is 1.38 bits per heavy atom. The third kappa shape index (κ3) is 5.24. The van der Waals surface area contributed by atoms with Crippen LogP contribution in [0.1, 0.15) is 40.4 Å². The molecule has 0 saturated heterocycles. The van der Waals surface area contributed by atoms with Gasteiger partial charge in [0, 0.05) is 29.9 Å². The SMILES string of the molecule is CCC(NC(=O)c1ccnc(CN)c1)c1nccs1.Cl.Cl. The summed E-state index contributed by atoms with van der Waals surface area (Å²) in [6, 6.07) is 3.34. The fourth-order valence-electron chi connectivity index (χ4n) is 1.72. The lowest BCUT2D eigenvalue weighted by molar-refractivity contribution is 0.0935. The highest BCUT2D eigenvalue weighted by Gasteiger charge is 2.16. The van der Waals surface area contributed by atoms with Crippen molar-refractivity contribution < 1.29 is 4.79 Å². The number of hydrogen-bond acceptors (Lipinski definition) is 5. The summed E-state index contributed by atoms with van der Waals surface area (Å²) in [5.74, 6) is -0.126. The van der Waals surface area contributed by atoms with Crippen LogP contribution >= 0.6 is 36.2 Å². The molecule has 0 bridgehead atoms. The summed E-state index contributed by atoms with van der Waals surface area (Å²) in [6.07, 6.45) is 4.14. The van der Waals surface area contributed by atoms with Gasteiger partial charge in [0.25, 0.3) is 5.91 Å². The first kappa shape index (κ1) is 19.8. The van der Waals surface area contributed by atoms with Gasteiger partial charge in [-0.15, -0.1) is 36.2 Å². The average Bonchev–Trinajstić information content (AvgIpc) is 2.98. The number of nitrogens with one attached hydrogen (secondary N) is 1. The fraction of sp³-hybridized carbons (Fsp3) is 0.308. The van der Waals surface area contributed by atoms with Crippen molar-refractivity contribution in [3.63, 3.8) is 0 Å². The van der Waals surface area contributed by atoms with Crippen LogP contribution in [0.15, 0.2) is 29.9 Å². The van der Waals surface area contributed by atoms with Crippen LogP contribution in [0.2, 0.25) is 0 Å². The first-order chi connectivity index (χ1) is 9.24. The molecule has 2 aromatic heterocycles. The molecule has 0 aromatic carbocycles. The lowest BCUT2D eigenvalue weighted by Crippen LogP contribution is -2.28. The van der Waals surface area contributed by atoms with Crippen LogP contribution in [-0.4, -0.2) is 15.9 Å². The first-order valence-corrected chi connectivity index (χ1v) is 6.97. The van der Waals surface area contributed by atoms with Crippen molar-refractivity contribution in [2.75, 3.05) is 0 Å². The smallest absolute Gasteiger partial charge is 0.251 e. The van der Waals surface area contributed by atoms with E-state index in [1.165, 1.54) is 0 Å². The normalized spacial score (nSPS) is 11.0. The number of nitrogens with two attached hydrogens (primary N) is 1. The zero-order valence-electron chi connectivity index (χ0n) is 11.5. The Morgan fingerprint density at radius 2 is 2.14 bits per heavy atom. The molecule has 1 atom stereocenters. The summed E-state index contributed by atoms with van der Waals surface area (Å²) in [6.45, 7) is 2.34. The van der Waals surface area contributed by atoms with Crippen molar-refractivity contribution in [1.82, 2.24) is 15.3 Å². The molecule has 2 aromatic rings. The highest BCUT2D eigenvalue weighted by molar-refractivity contribution is 7.09. The largest absolute Gasteiger partial charge is 0.343 e. The highest BCUT2D eigenvalue weighted by atomic mass is 35.5. The van der Waals surface area contributed by atoms with Crippen LogP contribution in [0, 0.1) is 0 Å². The number of carbonyl (C=O) groups is 1. The van der Waals surface area contributed by atoms with E-state index in [-0.39, 0.29) is 36.8 Å². The maximum Gasteiger partial charge on any atom is 0.251 e. The second kappa shape index (κ2) is 9.68. The number of halogens is 2. The number of rotatable bonds is 5. The maximum atomic E-state index is 12.2. The van der Waals surface area contributed by atoms with E-state index in [1.54, 1.807) is 35.9 Å². The van der Waals surface area contributed by atoms with Gasteiger partial charge in [0.15, 0.2) is 0 Å². The van der Waals surface area contributed by atoms with E-state index in [9.17, 15) is 4.79 Å². The molecule has 0 radical (unpaired) electrons. The Hall–Kier alpha value is -1.21. The maximum absolute atomic E-state index is 12.2. The summed E-state index contributed by atoms with van der Waals surface area (Å²) in [7, 11) is 0. The van der Waals surface area contributed by atoms with E-state index >= 15 is 0 Å². The van der Waals surface area contributed by atoms with Gasteiger partial charge in [0.05, 0.1) is 11.7 Å². The Labute approximate surface area is 140 Å². The molecule has 0 aliphatic carbocycles. The molecule has 0 fully saturated rings. The average molecular weight is 349 g/mol. The first-order valence-electron chi connectivity index (χ1n) is 6.09. The lowest BCUT2D eigenvalue weighted by atomic mass is 10.2. The van der Waals surface area contributed by atoms with E-state index in [4.69, 9.17) is 5.73 Å². The molecule has 1 unspecified atom stereocenters. The minimum atomic E-state index is -0.126. The molecule has 116 valence electrons. The fourth-order valence-corrected chi connectivity index (χ4v) is 2.49. The van der Waals surface area contributed by atoms with Crippen molar-refractivity contribution in [3.8, 4) is 0 Å². The highest BCUT2D eigenvalue weighted by Crippen LogP contribution is 2.19. The number of aromatic nitrogens is 2. The van der Waals surface area contributed by atoms with E-state index in [0.29, 0.717) is 17.8 Å². The predicted molar refractivity (Wildman–Crippen MR) is 89.2 cm³/mol. The minimum absolute atomic E-state index is 0. The van der Waals surface area contributed by atoms with Gasteiger partial charge in [-0.1, -0.05) is 6.92 Å². The molecule has 8 heteroatoms. The van der Waals surface area contributed by atoms with E-state index in [0.717, 1.165) is 11.4 Å². The van der Waals surface area contributed by atoms with Gasteiger partial charge in [-0.3, -0.25) is 9.78 Å². The number of carbonyl (C=O) groups excluding carboxylic acids is 1. The number of thiazole rings is 1. The van der Waals surface area contributed by atoms with Crippen LogP contribution in [0.25, 0.3) is 0 Å². The lowest BCUT2D eigenvalue weighted by Gasteiger charge is -2.14. The van der Waals surface area contributed by atoms with Gasteiger partial charge in [-0.2, -0.15) is 0 Å². The molecule has 3 N–H and O–H groups in total. The standard InChI is InChI=1S/C13H16N4OS.2ClH/c1-2-11(13-16-5-6-19-13)17-12(18)9-3-4-15-10(7-9)8-14;;/h3-7,11H,2,8,14H2,1H3,(H,17,18);2*1H. The predicted octanol–water partition coefficient (Wildman–Crippen LogP) is 2.72. The van der Waals surface area contributed by atoms with E-state index < -0.39 is 0 Å².